The molecule has 2 rings (SSSR count). The predicted octanol–water partition coefficient (Wildman–Crippen LogP) is 2.83. The molecule has 1 aromatic carbocycles. The fraction of sp³-hybridized carbons (Fsp3) is 0.333. The average molecular weight is 260 g/mol. The van der Waals surface area contributed by atoms with Crippen LogP contribution >= 0.6 is 0 Å². The van der Waals surface area contributed by atoms with Crippen LogP contribution in [0.2, 0.25) is 0 Å². The summed E-state index contributed by atoms with van der Waals surface area (Å²) in [6, 6.07) is 9.94. The van der Waals surface area contributed by atoms with Crippen LogP contribution in [0.15, 0.2) is 47.3 Å². The Morgan fingerprint density at radius 3 is 2.89 bits per heavy atom. The zero-order valence-corrected chi connectivity index (χ0v) is 11.4. The molecule has 0 aliphatic rings. The fourth-order valence-electron chi connectivity index (χ4n) is 1.64. The van der Waals surface area contributed by atoms with E-state index in [9.17, 15) is 0 Å². The van der Waals surface area contributed by atoms with Crippen molar-refractivity contribution in [1.82, 2.24) is 4.90 Å². The molecule has 102 valence electrons. The Hall–Kier alpha value is -1.94. The van der Waals surface area contributed by atoms with E-state index in [1.54, 1.807) is 12.5 Å². The van der Waals surface area contributed by atoms with E-state index < -0.39 is 0 Å². The van der Waals surface area contributed by atoms with Crippen LogP contribution in [0.3, 0.4) is 0 Å². The number of nitrogens with one attached hydrogen (secondary N) is 1. The number of rotatable bonds is 7. The summed E-state index contributed by atoms with van der Waals surface area (Å²) in [7, 11) is 4.07. The lowest BCUT2D eigenvalue weighted by Crippen LogP contribution is -2.19. The Balaban J connectivity index is 1.84. The van der Waals surface area contributed by atoms with Gasteiger partial charge < -0.3 is 19.4 Å². The van der Waals surface area contributed by atoms with Crippen LogP contribution in [-0.4, -0.2) is 32.1 Å². The third-order valence-corrected chi connectivity index (χ3v) is 2.72. The molecule has 0 saturated carbocycles. The molecule has 4 heteroatoms. The number of furan rings is 1. The molecule has 2 aromatic rings. The first-order chi connectivity index (χ1) is 9.24. The second kappa shape index (κ2) is 6.85. The molecule has 0 radical (unpaired) electrons. The van der Waals surface area contributed by atoms with Gasteiger partial charge >= 0.3 is 0 Å². The summed E-state index contributed by atoms with van der Waals surface area (Å²) in [4.78, 5) is 2.10. The lowest BCUT2D eigenvalue weighted by Gasteiger charge is -2.12. The van der Waals surface area contributed by atoms with Crippen molar-refractivity contribution in [3.63, 3.8) is 0 Å². The van der Waals surface area contributed by atoms with E-state index in [2.05, 4.69) is 10.2 Å². The smallest absolute Gasteiger partial charge is 0.121 e. The van der Waals surface area contributed by atoms with Crippen LogP contribution in [-0.2, 0) is 6.54 Å². The highest BCUT2D eigenvalue weighted by atomic mass is 16.5. The molecule has 1 aromatic heterocycles. The topological polar surface area (TPSA) is 37.6 Å². The molecule has 0 aliphatic carbocycles. The van der Waals surface area contributed by atoms with E-state index in [1.807, 2.05) is 44.4 Å². The Morgan fingerprint density at radius 1 is 1.26 bits per heavy atom. The third-order valence-electron chi connectivity index (χ3n) is 2.72. The number of ether oxygens (including phenoxy) is 1. The standard InChI is InChI=1S/C15H20N2O2/c1-17(2)7-9-19-15-5-3-4-14(10-15)16-11-13-6-8-18-12-13/h3-6,8,10,12,16H,7,9,11H2,1-2H3. The highest BCUT2D eigenvalue weighted by Gasteiger charge is 1.99. The average Bonchev–Trinajstić information content (AvgIpc) is 2.89. The zero-order chi connectivity index (χ0) is 13.5. The van der Waals surface area contributed by atoms with Gasteiger partial charge in [0.25, 0.3) is 0 Å². The molecule has 0 spiro atoms. The second-order valence-corrected chi connectivity index (χ2v) is 4.66. The van der Waals surface area contributed by atoms with Crippen LogP contribution in [0.1, 0.15) is 5.56 Å². The van der Waals surface area contributed by atoms with E-state index in [4.69, 9.17) is 9.15 Å². The van der Waals surface area contributed by atoms with Gasteiger partial charge in [-0.25, -0.2) is 0 Å². The van der Waals surface area contributed by atoms with Crippen molar-refractivity contribution in [1.29, 1.82) is 0 Å². The van der Waals surface area contributed by atoms with Crippen LogP contribution in [0.4, 0.5) is 5.69 Å². The maximum atomic E-state index is 5.69. The van der Waals surface area contributed by atoms with Crippen molar-refractivity contribution in [3.8, 4) is 5.75 Å². The number of hydrogen-bond acceptors (Lipinski definition) is 4. The van der Waals surface area contributed by atoms with Gasteiger partial charge in [0.15, 0.2) is 0 Å². The van der Waals surface area contributed by atoms with Gasteiger partial charge in [-0.1, -0.05) is 6.07 Å². The molecule has 0 bridgehead atoms. The van der Waals surface area contributed by atoms with E-state index >= 15 is 0 Å². The van der Waals surface area contributed by atoms with Crippen molar-refractivity contribution in [3.05, 3.63) is 48.4 Å². The van der Waals surface area contributed by atoms with Gasteiger partial charge in [0, 0.05) is 30.4 Å². The first-order valence-corrected chi connectivity index (χ1v) is 6.36. The molecule has 1 N–H and O–H groups in total. The molecule has 19 heavy (non-hydrogen) atoms. The summed E-state index contributed by atoms with van der Waals surface area (Å²) in [5, 5.41) is 3.34. The number of hydrogen-bond donors (Lipinski definition) is 1. The second-order valence-electron chi connectivity index (χ2n) is 4.66. The molecular formula is C15H20N2O2. The Morgan fingerprint density at radius 2 is 2.16 bits per heavy atom. The highest BCUT2D eigenvalue weighted by Crippen LogP contribution is 2.18. The van der Waals surface area contributed by atoms with Crippen molar-refractivity contribution >= 4 is 5.69 Å². The van der Waals surface area contributed by atoms with Gasteiger partial charge in [-0.15, -0.1) is 0 Å². The summed E-state index contributed by atoms with van der Waals surface area (Å²) < 4.78 is 10.7. The fourth-order valence-corrected chi connectivity index (χ4v) is 1.64. The van der Waals surface area contributed by atoms with E-state index in [0.29, 0.717) is 6.61 Å². The van der Waals surface area contributed by atoms with Gasteiger partial charge in [0.1, 0.15) is 12.4 Å². The first kappa shape index (κ1) is 13.5. The van der Waals surface area contributed by atoms with Crippen LogP contribution in [0.5, 0.6) is 5.75 Å². The maximum Gasteiger partial charge on any atom is 0.121 e. The molecule has 4 nitrogen and oxygen atoms in total. The number of anilines is 1. The Bertz CT molecular complexity index is 481. The van der Waals surface area contributed by atoms with Crippen molar-refractivity contribution < 1.29 is 9.15 Å². The first-order valence-electron chi connectivity index (χ1n) is 6.36. The van der Waals surface area contributed by atoms with Gasteiger partial charge in [-0.2, -0.15) is 0 Å². The summed E-state index contributed by atoms with van der Waals surface area (Å²) in [5.41, 5.74) is 2.17. The molecule has 0 aliphatic heterocycles. The lowest BCUT2D eigenvalue weighted by atomic mass is 10.2. The molecule has 0 unspecified atom stereocenters. The van der Waals surface area contributed by atoms with Crippen molar-refractivity contribution in [2.24, 2.45) is 0 Å². The number of likely N-dealkylation sites (N-methyl/N-ethyl adjacent to an activating group) is 1. The van der Waals surface area contributed by atoms with Crippen LogP contribution in [0.25, 0.3) is 0 Å². The van der Waals surface area contributed by atoms with Gasteiger partial charge in [0.2, 0.25) is 0 Å². The zero-order valence-electron chi connectivity index (χ0n) is 11.4. The van der Waals surface area contributed by atoms with Crippen LogP contribution < -0.4 is 10.1 Å². The summed E-state index contributed by atoms with van der Waals surface area (Å²) in [6.45, 7) is 2.35. The number of benzene rings is 1. The minimum Gasteiger partial charge on any atom is -0.492 e. The molecular weight excluding hydrogens is 240 g/mol. The molecule has 0 fully saturated rings. The number of nitrogens with zero attached hydrogens (tertiary/aromatic N) is 1. The van der Waals surface area contributed by atoms with E-state index in [-0.39, 0.29) is 0 Å². The monoisotopic (exact) mass is 260 g/mol. The summed E-state index contributed by atoms with van der Waals surface area (Å²) in [5.74, 6) is 0.888. The quantitative estimate of drug-likeness (QED) is 0.830. The minimum atomic E-state index is 0.693. The summed E-state index contributed by atoms with van der Waals surface area (Å²) >= 11 is 0. The summed E-state index contributed by atoms with van der Waals surface area (Å²) in [6.07, 6.45) is 3.42. The third kappa shape index (κ3) is 4.67. The van der Waals surface area contributed by atoms with Gasteiger partial charge in [0.05, 0.1) is 12.5 Å². The normalized spacial score (nSPS) is 10.7. The van der Waals surface area contributed by atoms with Crippen molar-refractivity contribution in [2.45, 2.75) is 6.54 Å². The molecule has 0 atom stereocenters. The Labute approximate surface area is 114 Å². The van der Waals surface area contributed by atoms with E-state index in [1.165, 1.54) is 0 Å². The van der Waals surface area contributed by atoms with Gasteiger partial charge in [-0.05, 0) is 32.3 Å². The predicted molar refractivity (Wildman–Crippen MR) is 76.5 cm³/mol. The molecule has 0 amide bonds. The SMILES string of the molecule is CN(C)CCOc1cccc(NCc2ccoc2)c1. The molecule has 0 saturated heterocycles. The largest absolute Gasteiger partial charge is 0.492 e. The minimum absolute atomic E-state index is 0.693. The lowest BCUT2D eigenvalue weighted by molar-refractivity contribution is 0.261. The van der Waals surface area contributed by atoms with Crippen molar-refractivity contribution in [2.75, 3.05) is 32.6 Å². The van der Waals surface area contributed by atoms with Crippen LogP contribution in [0, 0.1) is 0 Å². The van der Waals surface area contributed by atoms with Gasteiger partial charge in [-0.3, -0.25) is 0 Å². The maximum absolute atomic E-state index is 5.69. The Kier molecular flexibility index (Phi) is 4.86. The molecule has 1 heterocycles. The van der Waals surface area contributed by atoms with E-state index in [0.717, 1.165) is 30.1 Å². The highest BCUT2D eigenvalue weighted by molar-refractivity contribution is 5.48.